The number of pyridine rings is 1. The van der Waals surface area contributed by atoms with Crippen LogP contribution in [0.4, 0.5) is 0 Å². The van der Waals surface area contributed by atoms with E-state index in [1.165, 1.54) is 6.42 Å². The Morgan fingerprint density at radius 3 is 3.00 bits per heavy atom. The van der Waals surface area contributed by atoms with Gasteiger partial charge in [0.1, 0.15) is 11.9 Å². The van der Waals surface area contributed by atoms with Crippen molar-refractivity contribution in [1.29, 1.82) is 0 Å². The molecule has 2 atom stereocenters. The first-order valence-corrected chi connectivity index (χ1v) is 7.16. The molecule has 1 N–H and O–H groups in total. The predicted molar refractivity (Wildman–Crippen MR) is 75.3 cm³/mol. The molecule has 4 nitrogen and oxygen atoms in total. The first-order chi connectivity index (χ1) is 9.33. The Labute approximate surface area is 115 Å². The van der Waals surface area contributed by atoms with Crippen LogP contribution < -0.4 is 10.1 Å². The van der Waals surface area contributed by atoms with Crippen molar-refractivity contribution in [1.82, 2.24) is 10.3 Å². The molecule has 0 spiro atoms. The Hall–Kier alpha value is -1.13. The molecule has 0 saturated heterocycles. The summed E-state index contributed by atoms with van der Waals surface area (Å²) >= 11 is 0. The summed E-state index contributed by atoms with van der Waals surface area (Å²) in [5.74, 6) is 0.956. The van der Waals surface area contributed by atoms with Gasteiger partial charge in [0, 0.05) is 38.0 Å². The second-order valence-electron chi connectivity index (χ2n) is 5.03. The van der Waals surface area contributed by atoms with Crippen molar-refractivity contribution in [2.45, 2.75) is 51.4 Å². The third-order valence-electron chi connectivity index (χ3n) is 3.63. The van der Waals surface area contributed by atoms with Gasteiger partial charge in [-0.2, -0.15) is 0 Å². The molecule has 1 aliphatic rings. The van der Waals surface area contributed by atoms with Crippen LogP contribution in [0.2, 0.25) is 0 Å². The van der Waals surface area contributed by atoms with Gasteiger partial charge in [-0.05, 0) is 31.9 Å². The van der Waals surface area contributed by atoms with E-state index in [0.717, 1.165) is 43.7 Å². The van der Waals surface area contributed by atoms with E-state index in [0.29, 0.717) is 6.10 Å². The maximum absolute atomic E-state index is 6.16. The monoisotopic (exact) mass is 264 g/mol. The number of hydrogen-bond acceptors (Lipinski definition) is 4. The average Bonchev–Trinajstić information content (AvgIpc) is 2.46. The van der Waals surface area contributed by atoms with E-state index in [1.54, 1.807) is 13.3 Å². The van der Waals surface area contributed by atoms with E-state index in [-0.39, 0.29) is 6.10 Å². The number of ether oxygens (including phenoxy) is 2. The molecule has 0 aliphatic heterocycles. The molecule has 106 valence electrons. The van der Waals surface area contributed by atoms with Gasteiger partial charge in [0.2, 0.25) is 0 Å². The standard InChI is InChI=1S/C15H24N2O2/c1-3-16-10-12-11-17-8-7-15(12)19-14-6-4-5-13(9-14)18-2/h7-8,11,13-14,16H,3-6,9-10H2,1-2H3. The van der Waals surface area contributed by atoms with Crippen molar-refractivity contribution >= 4 is 0 Å². The average molecular weight is 264 g/mol. The zero-order chi connectivity index (χ0) is 13.5. The lowest BCUT2D eigenvalue weighted by molar-refractivity contribution is 0.0206. The zero-order valence-electron chi connectivity index (χ0n) is 11.9. The van der Waals surface area contributed by atoms with Crippen molar-refractivity contribution in [2.24, 2.45) is 0 Å². The van der Waals surface area contributed by atoms with E-state index in [4.69, 9.17) is 9.47 Å². The highest BCUT2D eigenvalue weighted by molar-refractivity contribution is 5.30. The Morgan fingerprint density at radius 2 is 2.21 bits per heavy atom. The minimum Gasteiger partial charge on any atom is -0.490 e. The molecule has 1 fully saturated rings. The topological polar surface area (TPSA) is 43.4 Å². The van der Waals surface area contributed by atoms with Crippen LogP contribution in [0.3, 0.4) is 0 Å². The Bertz CT molecular complexity index is 384. The van der Waals surface area contributed by atoms with Crippen molar-refractivity contribution in [3.05, 3.63) is 24.0 Å². The number of rotatable bonds is 6. The highest BCUT2D eigenvalue weighted by Gasteiger charge is 2.23. The lowest BCUT2D eigenvalue weighted by atomic mass is 9.95. The molecular formula is C15H24N2O2. The van der Waals surface area contributed by atoms with Gasteiger partial charge >= 0.3 is 0 Å². The third kappa shape index (κ3) is 4.18. The summed E-state index contributed by atoms with van der Waals surface area (Å²) in [7, 11) is 1.79. The van der Waals surface area contributed by atoms with Crippen LogP contribution in [0.5, 0.6) is 5.75 Å². The Kier molecular flexibility index (Phi) is 5.61. The van der Waals surface area contributed by atoms with Crippen LogP contribution >= 0.6 is 0 Å². The van der Waals surface area contributed by atoms with Crippen LogP contribution in [-0.4, -0.2) is 30.8 Å². The van der Waals surface area contributed by atoms with Gasteiger partial charge in [0.15, 0.2) is 0 Å². The van der Waals surface area contributed by atoms with E-state index < -0.39 is 0 Å². The summed E-state index contributed by atoms with van der Waals surface area (Å²) in [5, 5.41) is 3.32. The van der Waals surface area contributed by atoms with Gasteiger partial charge in [0.25, 0.3) is 0 Å². The number of aromatic nitrogens is 1. The molecule has 2 rings (SSSR count). The quantitative estimate of drug-likeness (QED) is 0.857. The molecule has 1 saturated carbocycles. The Morgan fingerprint density at radius 1 is 1.37 bits per heavy atom. The van der Waals surface area contributed by atoms with Crippen LogP contribution in [0.1, 0.15) is 38.2 Å². The third-order valence-corrected chi connectivity index (χ3v) is 3.63. The molecule has 0 bridgehead atoms. The summed E-state index contributed by atoms with van der Waals surface area (Å²) < 4.78 is 11.6. The minimum absolute atomic E-state index is 0.265. The second kappa shape index (κ2) is 7.46. The van der Waals surface area contributed by atoms with Crippen molar-refractivity contribution in [3.63, 3.8) is 0 Å². The zero-order valence-corrected chi connectivity index (χ0v) is 11.9. The smallest absolute Gasteiger partial charge is 0.127 e. The molecule has 1 aromatic heterocycles. The highest BCUT2D eigenvalue weighted by atomic mass is 16.5. The maximum atomic E-state index is 6.16. The molecular weight excluding hydrogens is 240 g/mol. The van der Waals surface area contributed by atoms with E-state index >= 15 is 0 Å². The van der Waals surface area contributed by atoms with Gasteiger partial charge in [-0.1, -0.05) is 6.92 Å². The molecule has 0 radical (unpaired) electrons. The van der Waals surface area contributed by atoms with Crippen molar-refractivity contribution in [3.8, 4) is 5.75 Å². The number of nitrogens with one attached hydrogen (secondary N) is 1. The first-order valence-electron chi connectivity index (χ1n) is 7.16. The number of hydrogen-bond donors (Lipinski definition) is 1. The summed E-state index contributed by atoms with van der Waals surface area (Å²) in [6.45, 7) is 3.85. The fourth-order valence-corrected chi connectivity index (χ4v) is 2.52. The van der Waals surface area contributed by atoms with Crippen LogP contribution in [-0.2, 0) is 11.3 Å². The second-order valence-corrected chi connectivity index (χ2v) is 5.03. The fourth-order valence-electron chi connectivity index (χ4n) is 2.52. The van der Waals surface area contributed by atoms with Gasteiger partial charge in [0.05, 0.1) is 6.10 Å². The van der Waals surface area contributed by atoms with Gasteiger partial charge in [-0.3, -0.25) is 4.98 Å². The summed E-state index contributed by atoms with van der Waals surface area (Å²) in [4.78, 5) is 4.18. The van der Waals surface area contributed by atoms with E-state index in [1.807, 2.05) is 12.3 Å². The largest absolute Gasteiger partial charge is 0.490 e. The molecule has 2 unspecified atom stereocenters. The SMILES string of the molecule is CCNCc1cnccc1OC1CCCC(OC)C1. The molecule has 1 aromatic rings. The lowest BCUT2D eigenvalue weighted by Gasteiger charge is -2.29. The normalized spacial score (nSPS) is 23.3. The highest BCUT2D eigenvalue weighted by Crippen LogP contribution is 2.26. The summed E-state index contributed by atoms with van der Waals surface area (Å²) in [5.41, 5.74) is 1.13. The summed E-state index contributed by atoms with van der Waals surface area (Å²) in [6.07, 6.45) is 8.71. The molecule has 1 heterocycles. The van der Waals surface area contributed by atoms with E-state index in [2.05, 4.69) is 17.2 Å². The fraction of sp³-hybridized carbons (Fsp3) is 0.667. The van der Waals surface area contributed by atoms with Gasteiger partial charge in [-0.25, -0.2) is 0 Å². The first kappa shape index (κ1) is 14.3. The molecule has 1 aliphatic carbocycles. The molecule has 0 aromatic carbocycles. The van der Waals surface area contributed by atoms with Crippen LogP contribution in [0.15, 0.2) is 18.5 Å². The molecule has 4 heteroatoms. The molecule has 19 heavy (non-hydrogen) atoms. The molecule has 0 amide bonds. The van der Waals surface area contributed by atoms with Crippen molar-refractivity contribution in [2.75, 3.05) is 13.7 Å². The number of nitrogens with zero attached hydrogens (tertiary/aromatic N) is 1. The summed E-state index contributed by atoms with van der Waals surface area (Å²) in [6, 6.07) is 1.96. The van der Waals surface area contributed by atoms with E-state index in [9.17, 15) is 0 Å². The van der Waals surface area contributed by atoms with Crippen LogP contribution in [0.25, 0.3) is 0 Å². The van der Waals surface area contributed by atoms with Gasteiger partial charge in [-0.15, -0.1) is 0 Å². The Balaban J connectivity index is 1.97. The van der Waals surface area contributed by atoms with Crippen molar-refractivity contribution < 1.29 is 9.47 Å². The minimum atomic E-state index is 0.265. The predicted octanol–water partition coefficient (Wildman–Crippen LogP) is 2.53. The van der Waals surface area contributed by atoms with Gasteiger partial charge < -0.3 is 14.8 Å². The van der Waals surface area contributed by atoms with Crippen LogP contribution in [0, 0.1) is 0 Å². The number of methoxy groups -OCH3 is 1. The maximum Gasteiger partial charge on any atom is 0.127 e. The lowest BCUT2D eigenvalue weighted by Crippen LogP contribution is -2.30.